The van der Waals surface area contributed by atoms with Gasteiger partial charge in [0.15, 0.2) is 0 Å². The summed E-state index contributed by atoms with van der Waals surface area (Å²) in [5.41, 5.74) is 1.91. The van der Waals surface area contributed by atoms with E-state index < -0.39 is 6.10 Å². The van der Waals surface area contributed by atoms with Crippen LogP contribution in [0.5, 0.6) is 0 Å². The van der Waals surface area contributed by atoms with E-state index in [1.165, 1.54) is 12.1 Å². The van der Waals surface area contributed by atoms with Crippen LogP contribution in [0.25, 0.3) is 0 Å². The molecule has 0 bridgehead atoms. The number of carbonyl (C=O) groups excluding carboxylic acids is 1. The molecule has 2 aromatic rings. The van der Waals surface area contributed by atoms with E-state index in [9.17, 15) is 14.3 Å². The molecule has 4 unspecified atom stereocenters. The molecule has 0 aliphatic heterocycles. The number of amides is 1. The molecule has 1 fully saturated rings. The lowest BCUT2D eigenvalue weighted by Gasteiger charge is -2.20. The highest BCUT2D eigenvalue weighted by atomic mass is 19.1. The van der Waals surface area contributed by atoms with Gasteiger partial charge in [0.05, 0.1) is 12.1 Å². The molecule has 1 aliphatic carbocycles. The first-order chi connectivity index (χ1) is 11.5. The number of hydrogen-bond donors (Lipinski definition) is 2. The summed E-state index contributed by atoms with van der Waals surface area (Å²) in [6.07, 6.45) is 0.597. The third-order valence-corrected chi connectivity index (χ3v) is 4.64. The molecule has 24 heavy (non-hydrogen) atoms. The first-order valence-corrected chi connectivity index (χ1v) is 8.32. The van der Waals surface area contributed by atoms with Crippen LogP contribution in [0.1, 0.15) is 30.4 Å². The van der Waals surface area contributed by atoms with Crippen molar-refractivity contribution in [3.05, 3.63) is 71.5 Å². The minimum atomic E-state index is -0.636. The summed E-state index contributed by atoms with van der Waals surface area (Å²) in [7, 11) is 0. The fraction of sp³-hybridized carbons (Fsp3) is 0.350. The molecule has 2 aromatic carbocycles. The van der Waals surface area contributed by atoms with E-state index in [-0.39, 0.29) is 29.6 Å². The molecule has 3 rings (SSSR count). The molecule has 1 aliphatic rings. The summed E-state index contributed by atoms with van der Waals surface area (Å²) < 4.78 is 13.3. The van der Waals surface area contributed by atoms with Gasteiger partial charge in [-0.05, 0) is 42.5 Å². The minimum Gasteiger partial charge on any atom is -0.391 e. The van der Waals surface area contributed by atoms with Gasteiger partial charge in [0, 0.05) is 12.3 Å². The van der Waals surface area contributed by atoms with Crippen molar-refractivity contribution in [1.29, 1.82) is 0 Å². The third kappa shape index (κ3) is 4.01. The molecule has 0 heterocycles. The van der Waals surface area contributed by atoms with Gasteiger partial charge in [0.2, 0.25) is 5.91 Å². The van der Waals surface area contributed by atoms with E-state index in [4.69, 9.17) is 0 Å². The molecule has 0 spiro atoms. The highest BCUT2D eigenvalue weighted by molar-refractivity contribution is 5.83. The highest BCUT2D eigenvalue weighted by Gasteiger charge is 2.44. The Morgan fingerprint density at radius 1 is 1.25 bits per heavy atom. The number of halogens is 1. The average Bonchev–Trinajstić information content (AvgIpc) is 3.36. The van der Waals surface area contributed by atoms with Crippen molar-refractivity contribution in [3.63, 3.8) is 0 Å². The number of carbonyl (C=O) groups is 1. The van der Waals surface area contributed by atoms with Gasteiger partial charge in [-0.3, -0.25) is 4.79 Å². The van der Waals surface area contributed by atoms with Crippen molar-refractivity contribution in [2.75, 3.05) is 0 Å². The highest BCUT2D eigenvalue weighted by Crippen LogP contribution is 2.47. The average molecular weight is 327 g/mol. The second-order valence-corrected chi connectivity index (χ2v) is 6.56. The maximum Gasteiger partial charge on any atom is 0.224 e. The maximum absolute atomic E-state index is 13.3. The molecule has 4 heteroatoms. The second-order valence-electron chi connectivity index (χ2n) is 6.56. The second kappa shape index (κ2) is 7.14. The van der Waals surface area contributed by atoms with Crippen LogP contribution in [0.3, 0.4) is 0 Å². The van der Waals surface area contributed by atoms with Crippen LogP contribution in [-0.4, -0.2) is 23.2 Å². The van der Waals surface area contributed by atoms with Crippen LogP contribution >= 0.6 is 0 Å². The summed E-state index contributed by atoms with van der Waals surface area (Å²) in [5, 5.41) is 13.2. The molecule has 2 N–H and O–H groups in total. The van der Waals surface area contributed by atoms with E-state index in [1.54, 1.807) is 6.07 Å². The Morgan fingerprint density at radius 2 is 2.00 bits per heavy atom. The molecular formula is C20H22FNO2. The van der Waals surface area contributed by atoms with Crippen molar-refractivity contribution in [2.45, 2.75) is 37.8 Å². The van der Waals surface area contributed by atoms with E-state index >= 15 is 0 Å². The fourth-order valence-corrected chi connectivity index (χ4v) is 3.05. The summed E-state index contributed by atoms with van der Waals surface area (Å²) in [4.78, 5) is 12.3. The van der Waals surface area contributed by atoms with Gasteiger partial charge < -0.3 is 10.4 Å². The van der Waals surface area contributed by atoms with E-state index in [1.807, 2.05) is 43.3 Å². The zero-order valence-corrected chi connectivity index (χ0v) is 13.7. The van der Waals surface area contributed by atoms with E-state index in [2.05, 4.69) is 5.32 Å². The van der Waals surface area contributed by atoms with Gasteiger partial charge in [-0.25, -0.2) is 4.39 Å². The SMILES string of the molecule is CC(NC(=O)C1CC1c1cccc(F)c1)C(O)Cc1ccccc1. The topological polar surface area (TPSA) is 49.3 Å². The summed E-state index contributed by atoms with van der Waals surface area (Å²) in [6, 6.07) is 15.8. The number of rotatable bonds is 6. The van der Waals surface area contributed by atoms with Crippen LogP contribution in [-0.2, 0) is 11.2 Å². The van der Waals surface area contributed by atoms with Gasteiger partial charge >= 0.3 is 0 Å². The minimum absolute atomic E-state index is 0.0659. The smallest absolute Gasteiger partial charge is 0.224 e. The number of aliphatic hydroxyl groups excluding tert-OH is 1. The lowest BCUT2D eigenvalue weighted by atomic mass is 10.0. The molecule has 0 saturated heterocycles. The van der Waals surface area contributed by atoms with Gasteiger partial charge in [-0.1, -0.05) is 42.5 Å². The molecule has 1 amide bonds. The van der Waals surface area contributed by atoms with Crippen molar-refractivity contribution < 1.29 is 14.3 Å². The monoisotopic (exact) mass is 327 g/mol. The zero-order chi connectivity index (χ0) is 17.1. The molecule has 3 nitrogen and oxygen atoms in total. The summed E-state index contributed by atoms with van der Waals surface area (Å²) in [5.74, 6) is -0.383. The normalized spacial score (nSPS) is 21.8. The zero-order valence-electron chi connectivity index (χ0n) is 13.7. The number of nitrogens with one attached hydrogen (secondary N) is 1. The molecular weight excluding hydrogens is 305 g/mol. The first kappa shape index (κ1) is 16.7. The van der Waals surface area contributed by atoms with E-state index in [0.29, 0.717) is 6.42 Å². The number of benzene rings is 2. The summed E-state index contributed by atoms with van der Waals surface area (Å²) >= 11 is 0. The number of hydrogen-bond acceptors (Lipinski definition) is 2. The maximum atomic E-state index is 13.3. The molecule has 126 valence electrons. The van der Waals surface area contributed by atoms with Gasteiger partial charge in [0.25, 0.3) is 0 Å². The van der Waals surface area contributed by atoms with Crippen molar-refractivity contribution >= 4 is 5.91 Å². The Labute approximate surface area is 141 Å². The molecule has 0 aromatic heterocycles. The van der Waals surface area contributed by atoms with Crippen LogP contribution in [0.4, 0.5) is 4.39 Å². The first-order valence-electron chi connectivity index (χ1n) is 8.32. The van der Waals surface area contributed by atoms with Crippen LogP contribution in [0, 0.1) is 11.7 Å². The Morgan fingerprint density at radius 3 is 2.71 bits per heavy atom. The van der Waals surface area contributed by atoms with Crippen molar-refractivity contribution in [1.82, 2.24) is 5.32 Å². The predicted octanol–water partition coefficient (Wildman–Crippen LogP) is 3.04. The van der Waals surface area contributed by atoms with Gasteiger partial charge in [-0.15, -0.1) is 0 Å². The Balaban J connectivity index is 1.52. The number of aliphatic hydroxyl groups is 1. The summed E-state index contributed by atoms with van der Waals surface area (Å²) in [6.45, 7) is 1.81. The third-order valence-electron chi connectivity index (χ3n) is 4.64. The van der Waals surface area contributed by atoms with E-state index in [0.717, 1.165) is 17.5 Å². The van der Waals surface area contributed by atoms with Crippen LogP contribution < -0.4 is 5.32 Å². The molecule has 0 radical (unpaired) electrons. The standard InChI is InChI=1S/C20H22FNO2/c1-13(19(23)10-14-6-3-2-4-7-14)22-20(24)18-12-17(18)15-8-5-9-16(21)11-15/h2-9,11,13,17-19,23H,10,12H2,1H3,(H,22,24). The van der Waals surface area contributed by atoms with Crippen LogP contribution in [0.15, 0.2) is 54.6 Å². The predicted molar refractivity (Wildman–Crippen MR) is 91.0 cm³/mol. The van der Waals surface area contributed by atoms with Crippen molar-refractivity contribution in [3.8, 4) is 0 Å². The lowest BCUT2D eigenvalue weighted by molar-refractivity contribution is -0.123. The largest absolute Gasteiger partial charge is 0.391 e. The fourth-order valence-electron chi connectivity index (χ4n) is 3.05. The van der Waals surface area contributed by atoms with Gasteiger partial charge in [-0.2, -0.15) is 0 Å². The van der Waals surface area contributed by atoms with Crippen molar-refractivity contribution in [2.24, 2.45) is 5.92 Å². The lowest BCUT2D eigenvalue weighted by Crippen LogP contribution is -2.42. The van der Waals surface area contributed by atoms with Crippen LogP contribution in [0.2, 0.25) is 0 Å². The Hall–Kier alpha value is -2.20. The molecule has 4 atom stereocenters. The Kier molecular flexibility index (Phi) is 4.95. The molecule has 1 saturated carbocycles. The Bertz CT molecular complexity index is 704. The van der Waals surface area contributed by atoms with Gasteiger partial charge in [0.1, 0.15) is 5.82 Å². The quantitative estimate of drug-likeness (QED) is 0.857.